The Bertz CT molecular complexity index is 111. The van der Waals surface area contributed by atoms with Crippen molar-refractivity contribution in [2.75, 3.05) is 6.61 Å². The van der Waals surface area contributed by atoms with E-state index in [1.54, 1.807) is 0 Å². The van der Waals surface area contributed by atoms with E-state index in [9.17, 15) is 4.39 Å². The van der Waals surface area contributed by atoms with Crippen molar-refractivity contribution in [3.05, 3.63) is 0 Å². The van der Waals surface area contributed by atoms with Crippen LogP contribution in [0.5, 0.6) is 0 Å². The SMILES string of the molecule is CCC1(CC)CCC(F)OC1. The molecule has 1 saturated heterocycles. The third-order valence-electron chi connectivity index (χ3n) is 2.97. The van der Waals surface area contributed by atoms with Gasteiger partial charge < -0.3 is 4.74 Å². The molecule has 1 fully saturated rings. The summed E-state index contributed by atoms with van der Waals surface area (Å²) in [5.41, 5.74) is 0.280. The summed E-state index contributed by atoms with van der Waals surface area (Å²) in [6, 6.07) is 0. The molecule has 1 unspecified atom stereocenters. The van der Waals surface area contributed by atoms with Crippen LogP contribution in [0, 0.1) is 5.41 Å². The first-order valence-electron chi connectivity index (χ1n) is 4.48. The first kappa shape index (κ1) is 8.98. The number of ether oxygens (including phenoxy) is 1. The lowest BCUT2D eigenvalue weighted by Crippen LogP contribution is -2.33. The third-order valence-corrected chi connectivity index (χ3v) is 2.97. The van der Waals surface area contributed by atoms with Gasteiger partial charge in [-0.05, 0) is 24.7 Å². The van der Waals surface area contributed by atoms with Crippen LogP contribution in [0.1, 0.15) is 39.5 Å². The Morgan fingerprint density at radius 2 is 2.09 bits per heavy atom. The number of halogens is 1. The predicted octanol–water partition coefficient (Wildman–Crippen LogP) is 2.90. The van der Waals surface area contributed by atoms with Gasteiger partial charge in [-0.1, -0.05) is 13.8 Å². The normalized spacial score (nSPS) is 30.3. The van der Waals surface area contributed by atoms with Gasteiger partial charge in [0, 0.05) is 6.42 Å². The van der Waals surface area contributed by atoms with Crippen LogP contribution < -0.4 is 0 Å². The molecule has 2 heteroatoms. The molecule has 0 radical (unpaired) electrons. The van der Waals surface area contributed by atoms with E-state index in [2.05, 4.69) is 13.8 Å². The molecule has 0 bridgehead atoms. The van der Waals surface area contributed by atoms with Gasteiger partial charge in [-0.3, -0.25) is 0 Å². The molecule has 0 aromatic rings. The molecular weight excluding hydrogens is 143 g/mol. The van der Waals surface area contributed by atoms with Crippen LogP contribution in [0.2, 0.25) is 0 Å². The molecule has 0 aromatic heterocycles. The Balaban J connectivity index is 2.45. The van der Waals surface area contributed by atoms with E-state index in [0.29, 0.717) is 13.0 Å². The fraction of sp³-hybridized carbons (Fsp3) is 1.00. The van der Waals surface area contributed by atoms with Gasteiger partial charge in [-0.2, -0.15) is 0 Å². The fourth-order valence-corrected chi connectivity index (χ4v) is 1.65. The molecule has 0 amide bonds. The number of hydrogen-bond donors (Lipinski definition) is 0. The van der Waals surface area contributed by atoms with Crippen molar-refractivity contribution in [1.82, 2.24) is 0 Å². The zero-order chi connectivity index (χ0) is 8.32. The molecule has 1 rings (SSSR count). The van der Waals surface area contributed by atoms with E-state index < -0.39 is 6.36 Å². The molecule has 1 aliphatic heterocycles. The summed E-state index contributed by atoms with van der Waals surface area (Å²) in [6.07, 6.45) is 2.79. The Hall–Kier alpha value is -0.110. The van der Waals surface area contributed by atoms with Gasteiger partial charge in [0.2, 0.25) is 0 Å². The van der Waals surface area contributed by atoms with Gasteiger partial charge >= 0.3 is 0 Å². The van der Waals surface area contributed by atoms with Gasteiger partial charge in [-0.25, -0.2) is 4.39 Å². The molecular formula is C9H17FO. The number of alkyl halides is 1. The maximum absolute atomic E-state index is 12.6. The highest BCUT2D eigenvalue weighted by atomic mass is 19.1. The zero-order valence-electron chi connectivity index (χ0n) is 7.40. The molecule has 1 heterocycles. The van der Waals surface area contributed by atoms with Gasteiger partial charge in [0.05, 0.1) is 6.61 Å². The van der Waals surface area contributed by atoms with Crippen LogP contribution in [0.25, 0.3) is 0 Å². The lowest BCUT2D eigenvalue weighted by molar-refractivity contribution is -0.125. The van der Waals surface area contributed by atoms with Crippen molar-refractivity contribution < 1.29 is 9.13 Å². The average Bonchev–Trinajstić information content (AvgIpc) is 2.07. The molecule has 0 N–H and O–H groups in total. The molecule has 11 heavy (non-hydrogen) atoms. The van der Waals surface area contributed by atoms with Crippen molar-refractivity contribution in [2.24, 2.45) is 5.41 Å². The number of hydrogen-bond acceptors (Lipinski definition) is 1. The van der Waals surface area contributed by atoms with Gasteiger partial charge in [0.25, 0.3) is 0 Å². The molecule has 1 nitrogen and oxygen atoms in total. The summed E-state index contributed by atoms with van der Waals surface area (Å²) in [4.78, 5) is 0. The Morgan fingerprint density at radius 3 is 2.45 bits per heavy atom. The average molecular weight is 160 g/mol. The lowest BCUT2D eigenvalue weighted by Gasteiger charge is -2.36. The highest BCUT2D eigenvalue weighted by Gasteiger charge is 2.32. The van der Waals surface area contributed by atoms with E-state index in [1.165, 1.54) is 0 Å². The Morgan fingerprint density at radius 1 is 1.45 bits per heavy atom. The van der Waals surface area contributed by atoms with E-state index in [0.717, 1.165) is 19.3 Å². The van der Waals surface area contributed by atoms with Gasteiger partial charge in [-0.15, -0.1) is 0 Å². The highest BCUT2D eigenvalue weighted by molar-refractivity contribution is 4.79. The summed E-state index contributed by atoms with van der Waals surface area (Å²) in [5.74, 6) is 0. The van der Waals surface area contributed by atoms with Crippen LogP contribution in [0.3, 0.4) is 0 Å². The van der Waals surface area contributed by atoms with Gasteiger partial charge in [0.1, 0.15) is 0 Å². The Kier molecular flexibility index (Phi) is 2.88. The second kappa shape index (κ2) is 3.53. The molecule has 0 spiro atoms. The van der Waals surface area contributed by atoms with Crippen LogP contribution in [0.15, 0.2) is 0 Å². The van der Waals surface area contributed by atoms with Crippen LogP contribution in [-0.4, -0.2) is 13.0 Å². The summed E-state index contributed by atoms with van der Waals surface area (Å²) < 4.78 is 17.6. The minimum atomic E-state index is -0.999. The smallest absolute Gasteiger partial charge is 0.198 e. The molecule has 1 aliphatic rings. The predicted molar refractivity (Wildman–Crippen MR) is 43.1 cm³/mol. The van der Waals surface area contributed by atoms with E-state index in [4.69, 9.17) is 4.74 Å². The lowest BCUT2D eigenvalue weighted by atomic mass is 9.78. The zero-order valence-corrected chi connectivity index (χ0v) is 7.40. The maximum atomic E-state index is 12.6. The highest BCUT2D eigenvalue weighted by Crippen LogP contribution is 2.37. The first-order chi connectivity index (χ1) is 5.22. The van der Waals surface area contributed by atoms with Crippen molar-refractivity contribution in [2.45, 2.75) is 45.9 Å². The van der Waals surface area contributed by atoms with E-state index in [-0.39, 0.29) is 5.41 Å². The molecule has 0 saturated carbocycles. The molecule has 0 aliphatic carbocycles. The number of rotatable bonds is 2. The second-order valence-corrected chi connectivity index (χ2v) is 3.47. The van der Waals surface area contributed by atoms with Crippen molar-refractivity contribution in [3.8, 4) is 0 Å². The summed E-state index contributed by atoms with van der Waals surface area (Å²) >= 11 is 0. The maximum Gasteiger partial charge on any atom is 0.198 e. The Labute approximate surface area is 67.9 Å². The fourth-order valence-electron chi connectivity index (χ4n) is 1.65. The molecule has 66 valence electrons. The topological polar surface area (TPSA) is 9.23 Å². The minimum Gasteiger partial charge on any atom is -0.347 e. The second-order valence-electron chi connectivity index (χ2n) is 3.47. The standard InChI is InChI=1S/C9H17FO/c1-3-9(4-2)6-5-8(10)11-7-9/h8H,3-7H2,1-2H3. The van der Waals surface area contributed by atoms with Crippen LogP contribution in [0.4, 0.5) is 4.39 Å². The third kappa shape index (κ3) is 1.92. The van der Waals surface area contributed by atoms with Crippen molar-refractivity contribution in [3.63, 3.8) is 0 Å². The van der Waals surface area contributed by atoms with E-state index in [1.807, 2.05) is 0 Å². The van der Waals surface area contributed by atoms with Crippen molar-refractivity contribution >= 4 is 0 Å². The molecule has 1 atom stereocenters. The summed E-state index contributed by atoms with van der Waals surface area (Å²) in [7, 11) is 0. The van der Waals surface area contributed by atoms with Crippen LogP contribution >= 0.6 is 0 Å². The van der Waals surface area contributed by atoms with Gasteiger partial charge in [0.15, 0.2) is 6.36 Å². The largest absolute Gasteiger partial charge is 0.347 e. The molecule has 0 aromatic carbocycles. The quantitative estimate of drug-likeness (QED) is 0.603. The minimum absolute atomic E-state index is 0.280. The van der Waals surface area contributed by atoms with Crippen LogP contribution in [-0.2, 0) is 4.74 Å². The van der Waals surface area contributed by atoms with E-state index >= 15 is 0 Å². The monoisotopic (exact) mass is 160 g/mol. The summed E-state index contributed by atoms with van der Waals surface area (Å²) in [5, 5.41) is 0. The first-order valence-corrected chi connectivity index (χ1v) is 4.48. The summed E-state index contributed by atoms with van der Waals surface area (Å²) in [6.45, 7) is 4.93. The van der Waals surface area contributed by atoms with Crippen molar-refractivity contribution in [1.29, 1.82) is 0 Å².